The first-order chi connectivity index (χ1) is 15.7. The van der Waals surface area contributed by atoms with Gasteiger partial charge in [0, 0.05) is 48.7 Å². The number of halogens is 1. The molecule has 172 valence electrons. The molecule has 4 aromatic heterocycles. The van der Waals surface area contributed by atoms with Crippen LogP contribution in [0.4, 0.5) is 15.1 Å². The average Bonchev–Trinajstić information content (AvgIpc) is 3.45. The number of anilines is 1. The Kier molecular flexibility index (Phi) is 4.80. The summed E-state index contributed by atoms with van der Waals surface area (Å²) in [6.45, 7) is 5.25. The smallest absolute Gasteiger partial charge is 0.410 e. The summed E-state index contributed by atoms with van der Waals surface area (Å²) in [6.07, 6.45) is 6.61. The number of nitrogens with one attached hydrogen (secondary N) is 2. The third-order valence-corrected chi connectivity index (χ3v) is 5.30. The van der Waals surface area contributed by atoms with Gasteiger partial charge < -0.3 is 15.0 Å². The summed E-state index contributed by atoms with van der Waals surface area (Å²) in [7, 11) is 0. The number of alkyl halides is 1. The summed E-state index contributed by atoms with van der Waals surface area (Å²) < 4.78 is 23.1. The molecule has 0 aliphatic carbocycles. The van der Waals surface area contributed by atoms with E-state index in [1.54, 1.807) is 56.0 Å². The lowest BCUT2D eigenvalue weighted by Crippen LogP contribution is -2.37. The van der Waals surface area contributed by atoms with E-state index in [1.807, 2.05) is 6.20 Å². The van der Waals surface area contributed by atoms with Gasteiger partial charge in [-0.2, -0.15) is 0 Å². The molecule has 33 heavy (non-hydrogen) atoms. The van der Waals surface area contributed by atoms with Crippen molar-refractivity contribution in [1.82, 2.24) is 33.9 Å². The Morgan fingerprint density at radius 2 is 2.09 bits per heavy atom. The van der Waals surface area contributed by atoms with Crippen molar-refractivity contribution < 1.29 is 13.9 Å². The molecular formula is C21H23FN8O3. The first-order valence-corrected chi connectivity index (χ1v) is 10.5. The molecule has 12 heteroatoms. The largest absolute Gasteiger partial charge is 0.444 e. The Labute approximate surface area is 187 Å². The van der Waals surface area contributed by atoms with Crippen molar-refractivity contribution in [3.05, 3.63) is 47.4 Å². The van der Waals surface area contributed by atoms with E-state index in [-0.39, 0.29) is 19.0 Å². The molecule has 1 aliphatic heterocycles. The zero-order valence-corrected chi connectivity index (χ0v) is 18.3. The maximum absolute atomic E-state index is 14.6. The van der Waals surface area contributed by atoms with Gasteiger partial charge in [-0.15, -0.1) is 5.10 Å². The topological polar surface area (TPSA) is 122 Å². The minimum atomic E-state index is -1.34. The lowest BCUT2D eigenvalue weighted by atomic mass is 10.1. The van der Waals surface area contributed by atoms with Gasteiger partial charge in [0.15, 0.2) is 0 Å². The Bertz CT molecular complexity index is 1400. The van der Waals surface area contributed by atoms with Crippen molar-refractivity contribution in [1.29, 1.82) is 0 Å². The number of nitrogens with zero attached hydrogens (tertiary/aromatic N) is 6. The molecule has 0 unspecified atom stereocenters. The zero-order valence-electron chi connectivity index (χ0n) is 18.3. The molecule has 1 fully saturated rings. The molecular weight excluding hydrogens is 431 g/mol. The van der Waals surface area contributed by atoms with Gasteiger partial charge in [-0.1, -0.05) is 0 Å². The van der Waals surface area contributed by atoms with Gasteiger partial charge in [0.05, 0.1) is 12.6 Å². The molecule has 1 amide bonds. The first kappa shape index (κ1) is 20.9. The highest BCUT2D eigenvalue weighted by atomic mass is 19.1. The minimum Gasteiger partial charge on any atom is -0.444 e. The van der Waals surface area contributed by atoms with E-state index >= 15 is 0 Å². The second kappa shape index (κ2) is 7.57. The monoisotopic (exact) mass is 454 g/mol. The van der Waals surface area contributed by atoms with Crippen molar-refractivity contribution in [3.63, 3.8) is 0 Å². The van der Waals surface area contributed by atoms with Crippen molar-refractivity contribution in [2.24, 2.45) is 0 Å². The molecule has 5 rings (SSSR count). The summed E-state index contributed by atoms with van der Waals surface area (Å²) in [4.78, 5) is 37.5. The fraction of sp³-hybridized carbons (Fsp3) is 0.381. The number of likely N-dealkylation sites (tertiary alicyclic amines) is 1. The van der Waals surface area contributed by atoms with Crippen LogP contribution >= 0.6 is 0 Å². The number of imidazole rings is 1. The highest BCUT2D eigenvalue weighted by Gasteiger charge is 2.37. The fourth-order valence-electron chi connectivity index (χ4n) is 3.84. The van der Waals surface area contributed by atoms with Gasteiger partial charge in [-0.25, -0.2) is 23.7 Å². The van der Waals surface area contributed by atoms with Gasteiger partial charge in [0.25, 0.3) is 5.56 Å². The van der Waals surface area contributed by atoms with Crippen LogP contribution in [-0.4, -0.2) is 70.9 Å². The number of fused-ring (bicyclic) bond motifs is 2. The number of ether oxygens (including phenoxy) is 1. The van der Waals surface area contributed by atoms with Crippen molar-refractivity contribution >= 4 is 23.3 Å². The second-order valence-electron chi connectivity index (χ2n) is 8.95. The molecule has 0 saturated carbocycles. The van der Waals surface area contributed by atoms with E-state index in [0.717, 1.165) is 5.56 Å². The Balaban J connectivity index is 1.38. The maximum atomic E-state index is 14.6. The normalized spacial score (nSPS) is 18.8. The molecule has 4 aromatic rings. The average molecular weight is 454 g/mol. The standard InChI is InChI=1S/C21H23FN8O3/c1-21(2,3)33-20(32)29-10-14(22)15(11-29)25-18-26-17(31)16-13(4-6-30(16)27-18)12-8-24-19-23-5-7-28(19)9-12/h4-9,14-15H,10-11H2,1-3H3,(H2,25,26,27,31)/t14-,15+/m0/s1. The number of aromatic nitrogens is 6. The van der Waals surface area contributed by atoms with Crippen molar-refractivity contribution in [3.8, 4) is 11.1 Å². The molecule has 1 aliphatic rings. The summed E-state index contributed by atoms with van der Waals surface area (Å²) in [6, 6.07) is 1.03. The molecule has 2 N–H and O–H groups in total. The summed E-state index contributed by atoms with van der Waals surface area (Å²) in [5, 5.41) is 7.28. The molecule has 5 heterocycles. The fourth-order valence-corrected chi connectivity index (χ4v) is 3.84. The van der Waals surface area contributed by atoms with Crippen molar-refractivity contribution in [2.45, 2.75) is 38.6 Å². The van der Waals surface area contributed by atoms with Crippen LogP contribution in [0.2, 0.25) is 0 Å². The molecule has 11 nitrogen and oxygen atoms in total. The van der Waals surface area contributed by atoms with Gasteiger partial charge >= 0.3 is 6.09 Å². The molecule has 0 radical (unpaired) electrons. The number of rotatable bonds is 3. The number of carbonyl (C=O) groups excluding carboxylic acids is 1. The van der Waals surface area contributed by atoms with Gasteiger partial charge in [-0.3, -0.25) is 14.2 Å². The summed E-state index contributed by atoms with van der Waals surface area (Å²) in [5.41, 5.74) is 0.648. The molecule has 0 bridgehead atoms. The predicted octanol–water partition coefficient (Wildman–Crippen LogP) is 2.10. The van der Waals surface area contributed by atoms with E-state index in [2.05, 4.69) is 25.4 Å². The molecule has 0 aromatic carbocycles. The van der Waals surface area contributed by atoms with Gasteiger partial charge in [0.1, 0.15) is 17.3 Å². The number of amides is 1. The van der Waals surface area contributed by atoms with E-state index in [9.17, 15) is 14.0 Å². The maximum Gasteiger partial charge on any atom is 0.410 e. The third-order valence-electron chi connectivity index (χ3n) is 5.30. The Hall–Kier alpha value is -3.96. The quantitative estimate of drug-likeness (QED) is 0.486. The summed E-state index contributed by atoms with van der Waals surface area (Å²) in [5.74, 6) is 0.662. The Morgan fingerprint density at radius 1 is 1.27 bits per heavy atom. The van der Waals surface area contributed by atoms with Crippen LogP contribution in [0.15, 0.2) is 41.8 Å². The summed E-state index contributed by atoms with van der Waals surface area (Å²) >= 11 is 0. The highest BCUT2D eigenvalue weighted by Crippen LogP contribution is 2.24. The Morgan fingerprint density at radius 3 is 2.88 bits per heavy atom. The first-order valence-electron chi connectivity index (χ1n) is 10.5. The van der Waals surface area contributed by atoms with E-state index in [0.29, 0.717) is 16.9 Å². The predicted molar refractivity (Wildman–Crippen MR) is 118 cm³/mol. The van der Waals surface area contributed by atoms with Crippen LogP contribution in [0, 0.1) is 0 Å². The lowest BCUT2D eigenvalue weighted by Gasteiger charge is -2.24. The van der Waals surface area contributed by atoms with E-state index in [1.165, 1.54) is 9.42 Å². The minimum absolute atomic E-state index is 0.0886. The van der Waals surface area contributed by atoms with Crippen LogP contribution < -0.4 is 10.9 Å². The number of carbonyl (C=O) groups is 1. The van der Waals surface area contributed by atoms with E-state index < -0.39 is 29.5 Å². The molecule has 2 atom stereocenters. The molecule has 0 spiro atoms. The van der Waals surface area contributed by atoms with Crippen LogP contribution in [0.3, 0.4) is 0 Å². The number of aromatic amines is 1. The van der Waals surface area contributed by atoms with Crippen LogP contribution in [0.5, 0.6) is 0 Å². The second-order valence-corrected chi connectivity index (χ2v) is 8.95. The number of hydrogen-bond donors (Lipinski definition) is 2. The van der Waals surface area contributed by atoms with Crippen LogP contribution in [0.25, 0.3) is 22.4 Å². The lowest BCUT2D eigenvalue weighted by molar-refractivity contribution is 0.0283. The zero-order chi connectivity index (χ0) is 23.3. The highest BCUT2D eigenvalue weighted by molar-refractivity contribution is 5.79. The van der Waals surface area contributed by atoms with Gasteiger partial charge in [-0.05, 0) is 26.8 Å². The third kappa shape index (κ3) is 3.99. The van der Waals surface area contributed by atoms with E-state index in [4.69, 9.17) is 4.74 Å². The SMILES string of the molecule is CC(C)(C)OC(=O)N1C[C@H](F)[C@H](Nc2nn3ccc(-c4cnc5nccn5c4)c3c(=O)[nH]2)C1. The van der Waals surface area contributed by atoms with Crippen LogP contribution in [0.1, 0.15) is 20.8 Å². The van der Waals surface area contributed by atoms with Crippen molar-refractivity contribution in [2.75, 3.05) is 18.4 Å². The van der Waals surface area contributed by atoms with Crippen LogP contribution in [-0.2, 0) is 4.74 Å². The molecule has 1 saturated heterocycles. The number of hydrogen-bond acceptors (Lipinski definition) is 7. The van der Waals surface area contributed by atoms with Gasteiger partial charge in [0.2, 0.25) is 11.7 Å². The number of H-pyrrole nitrogens is 1.